The fourth-order valence-electron chi connectivity index (χ4n) is 2.44. The molecule has 0 aromatic heterocycles. The first-order chi connectivity index (χ1) is 12.3. The Balaban J connectivity index is 2.25. The quantitative estimate of drug-likeness (QED) is 0.517. The molecule has 2 aromatic rings. The third-order valence-electron chi connectivity index (χ3n) is 3.96. The molecule has 0 aliphatic rings. The molecular weight excluding hydrogens is 351 g/mol. The molecule has 0 bridgehead atoms. The van der Waals surface area contributed by atoms with Gasteiger partial charge in [0.15, 0.2) is 5.78 Å². The molecule has 140 valence electrons. The Morgan fingerprint density at radius 1 is 0.962 bits per heavy atom. The first kappa shape index (κ1) is 20.2. The Kier molecular flexibility index (Phi) is 6.59. The summed E-state index contributed by atoms with van der Waals surface area (Å²) in [6.07, 6.45) is 0.156. The van der Waals surface area contributed by atoms with Crippen molar-refractivity contribution < 1.29 is 18.6 Å². The molecule has 2 rings (SSSR count). The van der Waals surface area contributed by atoms with Crippen LogP contribution >= 0.6 is 7.67 Å². The van der Waals surface area contributed by atoms with Crippen molar-refractivity contribution in [1.82, 2.24) is 9.34 Å². The molecular formula is C19H25N2O4P. The largest absolute Gasteiger partial charge is 0.497 e. The first-order valence-electron chi connectivity index (χ1n) is 8.18. The van der Waals surface area contributed by atoms with E-state index in [0.29, 0.717) is 22.6 Å². The minimum atomic E-state index is -3.20. The highest BCUT2D eigenvalue weighted by atomic mass is 31.2. The number of para-hydroxylation sites is 1. The average Bonchev–Trinajstić information content (AvgIpc) is 2.62. The van der Waals surface area contributed by atoms with Gasteiger partial charge in [0.2, 0.25) is 0 Å². The summed E-state index contributed by atoms with van der Waals surface area (Å²) in [5.74, 6) is 1.09. The van der Waals surface area contributed by atoms with Crippen LogP contribution in [0.1, 0.15) is 15.9 Å². The number of Topliss-reactive ketones (excluding diaryl/α,β-unsaturated/α-hetero) is 1. The number of rotatable bonds is 8. The SMILES string of the molecule is COc1ccc(C(=O)Cc2ccccc2OP(=O)(N(C)C)N(C)C)cc1. The fourth-order valence-corrected chi connectivity index (χ4v) is 3.92. The Morgan fingerprint density at radius 2 is 1.54 bits per heavy atom. The number of hydrogen-bond acceptors (Lipinski definition) is 4. The van der Waals surface area contributed by atoms with Gasteiger partial charge in [-0.05, 0) is 58.5 Å². The highest BCUT2D eigenvalue weighted by Crippen LogP contribution is 2.51. The van der Waals surface area contributed by atoms with Crippen molar-refractivity contribution in [2.24, 2.45) is 0 Å². The molecule has 0 N–H and O–H groups in total. The van der Waals surface area contributed by atoms with Crippen LogP contribution in [0, 0.1) is 0 Å². The molecule has 0 radical (unpaired) electrons. The highest BCUT2D eigenvalue weighted by molar-refractivity contribution is 7.54. The molecule has 0 aliphatic carbocycles. The molecule has 0 aliphatic heterocycles. The lowest BCUT2D eigenvalue weighted by molar-refractivity contribution is 0.0992. The van der Waals surface area contributed by atoms with Gasteiger partial charge in [-0.2, -0.15) is 0 Å². The van der Waals surface area contributed by atoms with E-state index in [4.69, 9.17) is 9.26 Å². The summed E-state index contributed by atoms with van der Waals surface area (Å²) in [4.78, 5) is 12.6. The van der Waals surface area contributed by atoms with Crippen molar-refractivity contribution >= 4 is 13.5 Å². The summed E-state index contributed by atoms with van der Waals surface area (Å²) < 4.78 is 27.2. The van der Waals surface area contributed by atoms with Crippen LogP contribution in [0.2, 0.25) is 0 Å². The lowest BCUT2D eigenvalue weighted by atomic mass is 10.0. The van der Waals surface area contributed by atoms with Crippen LogP contribution in [0.5, 0.6) is 11.5 Å². The zero-order chi connectivity index (χ0) is 19.3. The number of carbonyl (C=O) groups excluding carboxylic acids is 1. The Hall–Kier alpha value is -2.14. The van der Waals surface area contributed by atoms with E-state index in [9.17, 15) is 9.36 Å². The zero-order valence-corrected chi connectivity index (χ0v) is 16.7. The number of ether oxygens (including phenoxy) is 1. The second-order valence-electron chi connectivity index (χ2n) is 6.21. The van der Waals surface area contributed by atoms with Crippen molar-refractivity contribution in [3.63, 3.8) is 0 Å². The van der Waals surface area contributed by atoms with Crippen LogP contribution in [-0.4, -0.2) is 50.4 Å². The lowest BCUT2D eigenvalue weighted by Gasteiger charge is -2.30. The second kappa shape index (κ2) is 8.49. The van der Waals surface area contributed by atoms with Crippen molar-refractivity contribution in [1.29, 1.82) is 0 Å². The Bertz CT molecular complexity index is 791. The maximum Gasteiger partial charge on any atom is 0.394 e. The number of nitrogens with zero attached hydrogens (tertiary/aromatic N) is 2. The van der Waals surface area contributed by atoms with Crippen LogP contribution in [0.25, 0.3) is 0 Å². The molecule has 26 heavy (non-hydrogen) atoms. The lowest BCUT2D eigenvalue weighted by Crippen LogP contribution is -2.24. The minimum Gasteiger partial charge on any atom is -0.497 e. The van der Waals surface area contributed by atoms with Crippen molar-refractivity contribution in [3.05, 3.63) is 59.7 Å². The van der Waals surface area contributed by atoms with Gasteiger partial charge in [-0.3, -0.25) is 4.79 Å². The van der Waals surface area contributed by atoms with Crippen molar-refractivity contribution in [3.8, 4) is 11.5 Å². The van der Waals surface area contributed by atoms with Gasteiger partial charge >= 0.3 is 7.67 Å². The minimum absolute atomic E-state index is 0.0479. The number of ketones is 1. The number of hydrogen-bond donors (Lipinski definition) is 0. The molecule has 0 heterocycles. The average molecular weight is 376 g/mol. The summed E-state index contributed by atoms with van der Waals surface area (Å²) >= 11 is 0. The van der Waals surface area contributed by atoms with E-state index in [0.717, 1.165) is 0 Å². The summed E-state index contributed by atoms with van der Waals surface area (Å²) in [5, 5.41) is 0. The molecule has 7 heteroatoms. The van der Waals surface area contributed by atoms with Crippen LogP contribution in [0.15, 0.2) is 48.5 Å². The number of benzene rings is 2. The monoisotopic (exact) mass is 376 g/mol. The smallest absolute Gasteiger partial charge is 0.394 e. The van der Waals surface area contributed by atoms with Gasteiger partial charge in [-0.15, -0.1) is 0 Å². The van der Waals surface area contributed by atoms with Gasteiger partial charge in [-0.25, -0.2) is 13.9 Å². The topological polar surface area (TPSA) is 59.1 Å². The molecule has 0 saturated heterocycles. The van der Waals surface area contributed by atoms with Crippen molar-refractivity contribution in [2.75, 3.05) is 35.3 Å². The molecule has 0 spiro atoms. The fraction of sp³-hybridized carbons (Fsp3) is 0.316. The van der Waals surface area contributed by atoms with Gasteiger partial charge in [-0.1, -0.05) is 18.2 Å². The van der Waals surface area contributed by atoms with Gasteiger partial charge in [0.25, 0.3) is 0 Å². The van der Waals surface area contributed by atoms with Crippen LogP contribution < -0.4 is 9.26 Å². The van der Waals surface area contributed by atoms with Crippen LogP contribution in [-0.2, 0) is 11.0 Å². The standard InChI is InChI=1S/C19H25N2O4P/c1-20(2)26(23,21(3)4)25-19-9-7-6-8-16(19)14-18(22)15-10-12-17(24-5)13-11-15/h6-13H,14H2,1-5H3. The van der Waals surface area contributed by atoms with E-state index in [-0.39, 0.29) is 12.2 Å². The van der Waals surface area contributed by atoms with E-state index >= 15 is 0 Å². The van der Waals surface area contributed by atoms with Gasteiger partial charge in [0.1, 0.15) is 11.5 Å². The summed E-state index contributed by atoms with van der Waals surface area (Å²) in [7, 11) is 5.18. The van der Waals surface area contributed by atoms with E-state index in [1.54, 1.807) is 81.0 Å². The van der Waals surface area contributed by atoms with E-state index < -0.39 is 7.67 Å². The van der Waals surface area contributed by atoms with Gasteiger partial charge in [0, 0.05) is 17.5 Å². The highest BCUT2D eigenvalue weighted by Gasteiger charge is 2.32. The predicted molar refractivity (Wildman–Crippen MR) is 103 cm³/mol. The van der Waals surface area contributed by atoms with Gasteiger partial charge in [0.05, 0.1) is 7.11 Å². The van der Waals surface area contributed by atoms with E-state index in [1.165, 1.54) is 0 Å². The third-order valence-corrected chi connectivity index (χ3v) is 6.42. The van der Waals surface area contributed by atoms with Crippen LogP contribution in [0.4, 0.5) is 0 Å². The molecule has 0 unspecified atom stereocenters. The van der Waals surface area contributed by atoms with Crippen molar-refractivity contribution in [2.45, 2.75) is 6.42 Å². The summed E-state index contributed by atoms with van der Waals surface area (Å²) in [6, 6.07) is 14.1. The molecule has 0 amide bonds. The first-order valence-corrected chi connectivity index (χ1v) is 9.71. The summed E-state index contributed by atoms with van der Waals surface area (Å²) in [5.41, 5.74) is 1.28. The Morgan fingerprint density at radius 3 is 2.08 bits per heavy atom. The molecule has 0 fully saturated rings. The molecule has 2 aromatic carbocycles. The summed E-state index contributed by atoms with van der Waals surface area (Å²) in [6.45, 7) is 0. The maximum atomic E-state index is 13.1. The third kappa shape index (κ3) is 4.52. The van der Waals surface area contributed by atoms with Gasteiger partial charge < -0.3 is 9.26 Å². The zero-order valence-electron chi connectivity index (χ0n) is 15.8. The van der Waals surface area contributed by atoms with E-state index in [2.05, 4.69) is 0 Å². The Labute approximate surface area is 154 Å². The van der Waals surface area contributed by atoms with E-state index in [1.807, 2.05) is 12.1 Å². The molecule has 0 saturated carbocycles. The molecule has 6 nitrogen and oxygen atoms in total. The number of carbonyl (C=O) groups is 1. The normalized spacial score (nSPS) is 11.7. The molecule has 0 atom stereocenters. The second-order valence-corrected chi connectivity index (χ2v) is 8.98. The predicted octanol–water partition coefficient (Wildman–Crippen LogP) is 3.73. The number of methoxy groups -OCH3 is 1. The van der Waals surface area contributed by atoms with Crippen LogP contribution in [0.3, 0.4) is 0 Å². The maximum absolute atomic E-state index is 13.1.